The molecular weight excluding hydrogens is 262 g/mol. The summed E-state index contributed by atoms with van der Waals surface area (Å²) in [5.74, 6) is 0. The van der Waals surface area contributed by atoms with Crippen molar-refractivity contribution < 1.29 is 9.53 Å². The fourth-order valence-corrected chi connectivity index (χ4v) is 2.25. The van der Waals surface area contributed by atoms with Crippen LogP contribution in [0.25, 0.3) is 11.3 Å². The van der Waals surface area contributed by atoms with Crippen molar-refractivity contribution in [3.8, 4) is 11.3 Å². The molecule has 0 radical (unpaired) electrons. The second kappa shape index (κ2) is 4.70. The standard InChI is InChI=1S/C13H17N3O2S/c1-8-10(14)11(9-5-6-19-7-9)15-16(8)12(17)18-13(2,3)4/h5-7H,14H2,1-4H3. The minimum atomic E-state index is -0.563. The van der Waals surface area contributed by atoms with Crippen LogP contribution in [0.1, 0.15) is 26.5 Å². The van der Waals surface area contributed by atoms with E-state index in [-0.39, 0.29) is 0 Å². The molecule has 0 aliphatic rings. The summed E-state index contributed by atoms with van der Waals surface area (Å²) in [4.78, 5) is 12.0. The molecule has 0 atom stereocenters. The molecule has 2 N–H and O–H groups in total. The van der Waals surface area contributed by atoms with Crippen molar-refractivity contribution in [2.75, 3.05) is 5.73 Å². The predicted octanol–water partition coefficient (Wildman–Crippen LogP) is 3.29. The first-order valence-corrected chi connectivity index (χ1v) is 6.85. The van der Waals surface area contributed by atoms with Crippen LogP contribution >= 0.6 is 11.3 Å². The molecular formula is C13H17N3O2S. The lowest BCUT2D eigenvalue weighted by molar-refractivity contribution is 0.0511. The fraction of sp³-hybridized carbons (Fsp3) is 0.385. The topological polar surface area (TPSA) is 70.1 Å². The van der Waals surface area contributed by atoms with Gasteiger partial charge in [0.2, 0.25) is 0 Å². The van der Waals surface area contributed by atoms with Gasteiger partial charge in [0.05, 0.1) is 11.4 Å². The molecule has 2 aromatic rings. The van der Waals surface area contributed by atoms with E-state index in [1.54, 1.807) is 18.3 Å². The van der Waals surface area contributed by atoms with Crippen molar-refractivity contribution >= 4 is 23.1 Å². The van der Waals surface area contributed by atoms with Crippen LogP contribution in [-0.4, -0.2) is 21.5 Å². The number of nitrogens with two attached hydrogens (primary N) is 1. The van der Waals surface area contributed by atoms with Crippen LogP contribution in [0.3, 0.4) is 0 Å². The van der Waals surface area contributed by atoms with Crippen LogP contribution in [0.2, 0.25) is 0 Å². The van der Waals surface area contributed by atoms with Gasteiger partial charge < -0.3 is 10.5 Å². The Hall–Kier alpha value is -1.82. The average molecular weight is 279 g/mol. The summed E-state index contributed by atoms with van der Waals surface area (Å²) in [6, 6.07) is 1.92. The first kappa shape index (κ1) is 13.6. The largest absolute Gasteiger partial charge is 0.442 e. The van der Waals surface area contributed by atoms with Crippen molar-refractivity contribution in [2.45, 2.75) is 33.3 Å². The summed E-state index contributed by atoms with van der Waals surface area (Å²) in [6.45, 7) is 7.19. The van der Waals surface area contributed by atoms with Gasteiger partial charge in [-0.05, 0) is 39.1 Å². The van der Waals surface area contributed by atoms with Gasteiger partial charge in [-0.3, -0.25) is 0 Å². The normalized spacial score (nSPS) is 11.6. The van der Waals surface area contributed by atoms with Gasteiger partial charge in [0, 0.05) is 10.9 Å². The Labute approximate surface area is 116 Å². The lowest BCUT2D eigenvalue weighted by Crippen LogP contribution is -2.28. The summed E-state index contributed by atoms with van der Waals surface area (Å²) >= 11 is 1.56. The Kier molecular flexibility index (Phi) is 3.36. The van der Waals surface area contributed by atoms with Crippen LogP contribution in [0, 0.1) is 6.92 Å². The maximum atomic E-state index is 12.0. The molecule has 2 heterocycles. The number of carbonyl (C=O) groups is 1. The molecule has 2 rings (SSSR count). The van der Waals surface area contributed by atoms with E-state index in [4.69, 9.17) is 10.5 Å². The van der Waals surface area contributed by atoms with Crippen LogP contribution in [0.5, 0.6) is 0 Å². The van der Waals surface area contributed by atoms with E-state index >= 15 is 0 Å². The van der Waals surface area contributed by atoms with E-state index in [0.717, 1.165) is 5.56 Å². The second-order valence-corrected chi connectivity index (χ2v) is 6.03. The van der Waals surface area contributed by atoms with Crippen LogP contribution < -0.4 is 5.73 Å². The molecule has 0 amide bonds. The highest BCUT2D eigenvalue weighted by Gasteiger charge is 2.23. The van der Waals surface area contributed by atoms with E-state index < -0.39 is 11.7 Å². The molecule has 0 saturated heterocycles. The van der Waals surface area contributed by atoms with Gasteiger partial charge >= 0.3 is 6.09 Å². The minimum absolute atomic E-state index is 0.504. The zero-order valence-electron chi connectivity index (χ0n) is 11.4. The quantitative estimate of drug-likeness (QED) is 0.869. The molecule has 0 aliphatic carbocycles. The number of nitrogens with zero attached hydrogens (tertiary/aromatic N) is 2. The van der Waals surface area contributed by atoms with E-state index in [1.807, 2.05) is 37.6 Å². The molecule has 102 valence electrons. The smallest absolute Gasteiger partial charge is 0.435 e. The van der Waals surface area contributed by atoms with Gasteiger partial charge in [0.15, 0.2) is 0 Å². The Morgan fingerprint density at radius 2 is 2.16 bits per heavy atom. The fourth-order valence-electron chi connectivity index (χ4n) is 1.61. The highest BCUT2D eigenvalue weighted by Crippen LogP contribution is 2.29. The van der Waals surface area contributed by atoms with Gasteiger partial charge in [-0.1, -0.05) is 0 Å². The Morgan fingerprint density at radius 3 is 2.68 bits per heavy atom. The van der Waals surface area contributed by atoms with E-state index in [1.165, 1.54) is 4.68 Å². The molecule has 0 aromatic carbocycles. The number of nitrogen functional groups attached to an aromatic ring is 1. The monoisotopic (exact) mass is 279 g/mol. The number of hydrogen-bond donors (Lipinski definition) is 1. The first-order valence-electron chi connectivity index (χ1n) is 5.90. The number of thiophene rings is 1. The van der Waals surface area contributed by atoms with Gasteiger partial charge in [-0.25, -0.2) is 4.79 Å². The molecule has 6 heteroatoms. The van der Waals surface area contributed by atoms with Gasteiger partial charge in [0.25, 0.3) is 0 Å². The summed E-state index contributed by atoms with van der Waals surface area (Å²) in [5.41, 5.74) is 8.07. The molecule has 0 saturated carbocycles. The van der Waals surface area contributed by atoms with E-state index in [0.29, 0.717) is 17.1 Å². The highest BCUT2D eigenvalue weighted by atomic mass is 32.1. The summed E-state index contributed by atoms with van der Waals surface area (Å²) in [5, 5.41) is 8.14. The third-order valence-corrected chi connectivity index (χ3v) is 3.21. The number of anilines is 1. The molecule has 2 aromatic heterocycles. The molecule has 0 spiro atoms. The molecule has 0 fully saturated rings. The maximum Gasteiger partial charge on any atom is 0.435 e. The zero-order chi connectivity index (χ0) is 14.2. The third-order valence-electron chi connectivity index (χ3n) is 2.52. The maximum absolute atomic E-state index is 12.0. The van der Waals surface area contributed by atoms with Crippen molar-refractivity contribution in [3.63, 3.8) is 0 Å². The summed E-state index contributed by atoms with van der Waals surface area (Å²) in [6.07, 6.45) is -0.516. The molecule has 19 heavy (non-hydrogen) atoms. The van der Waals surface area contributed by atoms with Crippen molar-refractivity contribution in [3.05, 3.63) is 22.5 Å². The third kappa shape index (κ3) is 2.78. The van der Waals surface area contributed by atoms with Gasteiger partial charge in [-0.15, -0.1) is 0 Å². The number of carbonyl (C=O) groups excluding carboxylic acids is 1. The minimum Gasteiger partial charge on any atom is -0.442 e. The van der Waals surface area contributed by atoms with Crippen molar-refractivity contribution in [2.24, 2.45) is 0 Å². The Bertz CT molecular complexity index is 594. The van der Waals surface area contributed by atoms with Crippen molar-refractivity contribution in [1.29, 1.82) is 0 Å². The van der Waals surface area contributed by atoms with Crippen LogP contribution in [0.4, 0.5) is 10.5 Å². The molecule has 0 bridgehead atoms. The zero-order valence-corrected chi connectivity index (χ0v) is 12.2. The average Bonchev–Trinajstić information content (AvgIpc) is 2.87. The van der Waals surface area contributed by atoms with Crippen LogP contribution in [-0.2, 0) is 4.74 Å². The number of ether oxygens (including phenoxy) is 1. The number of hydrogen-bond acceptors (Lipinski definition) is 5. The van der Waals surface area contributed by atoms with Crippen molar-refractivity contribution in [1.82, 2.24) is 9.78 Å². The Morgan fingerprint density at radius 1 is 1.47 bits per heavy atom. The van der Waals surface area contributed by atoms with Gasteiger partial charge in [0.1, 0.15) is 11.3 Å². The Balaban J connectivity index is 2.39. The number of rotatable bonds is 1. The SMILES string of the molecule is Cc1c(N)c(-c2ccsc2)nn1C(=O)OC(C)(C)C. The lowest BCUT2D eigenvalue weighted by atomic mass is 10.2. The van der Waals surface area contributed by atoms with Crippen LogP contribution in [0.15, 0.2) is 16.8 Å². The molecule has 0 unspecified atom stereocenters. The predicted molar refractivity (Wildman–Crippen MR) is 76.3 cm³/mol. The lowest BCUT2D eigenvalue weighted by Gasteiger charge is -2.19. The molecule has 5 nitrogen and oxygen atoms in total. The summed E-state index contributed by atoms with van der Waals surface area (Å²) in [7, 11) is 0. The van der Waals surface area contributed by atoms with Gasteiger partial charge in [-0.2, -0.15) is 21.1 Å². The van der Waals surface area contributed by atoms with E-state index in [2.05, 4.69) is 5.10 Å². The first-order chi connectivity index (χ1) is 8.79. The van der Waals surface area contributed by atoms with E-state index in [9.17, 15) is 4.79 Å². The summed E-state index contributed by atoms with van der Waals surface area (Å²) < 4.78 is 6.51. The molecule has 0 aliphatic heterocycles. The highest BCUT2D eigenvalue weighted by molar-refractivity contribution is 7.08. The second-order valence-electron chi connectivity index (χ2n) is 5.25. The number of aromatic nitrogens is 2.